The third-order valence-corrected chi connectivity index (χ3v) is 1.98. The van der Waals surface area contributed by atoms with Gasteiger partial charge in [0.2, 0.25) is 0 Å². The van der Waals surface area contributed by atoms with Crippen molar-refractivity contribution in [3.8, 4) is 11.3 Å². The average Bonchev–Trinajstić information content (AvgIpc) is 2.30. The molecule has 15 heavy (non-hydrogen) atoms. The van der Waals surface area contributed by atoms with Gasteiger partial charge < -0.3 is 0 Å². The maximum Gasteiger partial charge on any atom is 0.280 e. The van der Waals surface area contributed by atoms with Crippen molar-refractivity contribution in [1.29, 1.82) is 0 Å². The zero-order valence-corrected chi connectivity index (χ0v) is 8.00. The Labute approximate surface area is 86.5 Å². The van der Waals surface area contributed by atoms with Crippen molar-refractivity contribution in [2.24, 2.45) is 0 Å². The fraction of sp³-hybridized carbons (Fsp3) is 0. The molecule has 0 bridgehead atoms. The molecule has 2 rings (SSSR count). The lowest BCUT2D eigenvalue weighted by molar-refractivity contribution is 0.855. The average molecular weight is 199 g/mol. The van der Waals surface area contributed by atoms with E-state index >= 15 is 0 Å². The number of aromatic nitrogens is 3. The molecule has 2 aromatic rings. The third-order valence-electron chi connectivity index (χ3n) is 1.98. The zero-order valence-electron chi connectivity index (χ0n) is 8.00. The second-order valence-electron chi connectivity index (χ2n) is 2.89. The fourth-order valence-corrected chi connectivity index (χ4v) is 1.27. The van der Waals surface area contributed by atoms with Crippen molar-refractivity contribution in [3.05, 3.63) is 53.6 Å². The molecule has 0 saturated heterocycles. The molecule has 0 aliphatic heterocycles. The maximum absolute atomic E-state index is 11.8. The Hall–Kier alpha value is -2.23. The number of hydrogen-bond acceptors (Lipinski definition) is 3. The van der Waals surface area contributed by atoms with Crippen molar-refractivity contribution < 1.29 is 0 Å². The Morgan fingerprint density at radius 1 is 1.27 bits per heavy atom. The first kappa shape index (κ1) is 9.33. The van der Waals surface area contributed by atoms with Gasteiger partial charge in [0.25, 0.3) is 5.56 Å². The summed E-state index contributed by atoms with van der Waals surface area (Å²) in [6.07, 6.45) is 4.56. The Kier molecular flexibility index (Phi) is 2.41. The van der Waals surface area contributed by atoms with Gasteiger partial charge in [0.05, 0.1) is 11.3 Å². The van der Waals surface area contributed by atoms with Gasteiger partial charge in [-0.05, 0) is 18.2 Å². The van der Waals surface area contributed by atoms with Gasteiger partial charge in [-0.2, -0.15) is 5.10 Å². The molecule has 4 heteroatoms. The van der Waals surface area contributed by atoms with Crippen LogP contribution in [0.4, 0.5) is 0 Å². The summed E-state index contributed by atoms with van der Waals surface area (Å²) in [6, 6.07) is 7.06. The van der Waals surface area contributed by atoms with E-state index in [0.29, 0.717) is 11.3 Å². The van der Waals surface area contributed by atoms with Crippen LogP contribution in [0.15, 0.2) is 48.0 Å². The molecule has 0 aliphatic carbocycles. The summed E-state index contributed by atoms with van der Waals surface area (Å²) < 4.78 is 1.18. The van der Waals surface area contributed by atoms with Crippen LogP contribution in [-0.2, 0) is 0 Å². The maximum atomic E-state index is 11.8. The number of nitrogens with zero attached hydrogens (tertiary/aromatic N) is 3. The van der Waals surface area contributed by atoms with Crippen LogP contribution in [0.25, 0.3) is 17.5 Å². The fourth-order valence-electron chi connectivity index (χ4n) is 1.27. The minimum absolute atomic E-state index is 0.216. The first-order chi connectivity index (χ1) is 7.33. The van der Waals surface area contributed by atoms with Crippen molar-refractivity contribution in [2.45, 2.75) is 0 Å². The van der Waals surface area contributed by atoms with Gasteiger partial charge in [-0.25, -0.2) is 4.68 Å². The van der Waals surface area contributed by atoms with E-state index in [1.807, 2.05) is 6.07 Å². The lowest BCUT2D eigenvalue weighted by atomic mass is 10.2. The standard InChI is InChI=1S/C11H9N3O/c1-2-14-11(15)9(6-8-13-14)10-5-3-4-7-12-10/h2-8H,1H2. The van der Waals surface area contributed by atoms with E-state index in [9.17, 15) is 4.79 Å². The normalized spacial score (nSPS) is 9.87. The molecule has 74 valence electrons. The Bertz CT molecular complexity index is 531. The molecule has 0 fully saturated rings. The Morgan fingerprint density at radius 3 is 2.80 bits per heavy atom. The largest absolute Gasteiger partial charge is 0.280 e. The van der Waals surface area contributed by atoms with Crippen molar-refractivity contribution in [3.63, 3.8) is 0 Å². The highest BCUT2D eigenvalue weighted by atomic mass is 16.1. The van der Waals surface area contributed by atoms with Crippen LogP contribution in [0.3, 0.4) is 0 Å². The SMILES string of the molecule is C=Cn1nccc(-c2ccccn2)c1=O. The van der Waals surface area contributed by atoms with E-state index in [1.165, 1.54) is 10.9 Å². The molecule has 0 spiro atoms. The summed E-state index contributed by atoms with van der Waals surface area (Å²) >= 11 is 0. The van der Waals surface area contributed by atoms with E-state index < -0.39 is 0 Å². The van der Waals surface area contributed by atoms with E-state index in [2.05, 4.69) is 16.7 Å². The smallest absolute Gasteiger partial charge is 0.267 e. The first-order valence-corrected chi connectivity index (χ1v) is 4.44. The molecule has 0 aliphatic rings. The summed E-state index contributed by atoms with van der Waals surface area (Å²) in [5.41, 5.74) is 0.942. The van der Waals surface area contributed by atoms with Crippen LogP contribution in [0.5, 0.6) is 0 Å². The summed E-state index contributed by atoms with van der Waals surface area (Å²) in [7, 11) is 0. The topological polar surface area (TPSA) is 47.8 Å². The molecule has 2 aromatic heterocycles. The second kappa shape index (κ2) is 3.88. The van der Waals surface area contributed by atoms with Crippen LogP contribution in [0.2, 0.25) is 0 Å². The highest BCUT2D eigenvalue weighted by Crippen LogP contribution is 2.09. The van der Waals surface area contributed by atoms with Gasteiger partial charge in [0, 0.05) is 18.6 Å². The van der Waals surface area contributed by atoms with E-state index in [0.717, 1.165) is 0 Å². The molecule has 0 atom stereocenters. The van der Waals surface area contributed by atoms with Crippen molar-refractivity contribution >= 4 is 6.20 Å². The third kappa shape index (κ3) is 1.69. The number of rotatable bonds is 2. The zero-order chi connectivity index (χ0) is 10.7. The highest BCUT2D eigenvalue weighted by Gasteiger charge is 2.05. The minimum Gasteiger partial charge on any atom is -0.267 e. The predicted octanol–water partition coefficient (Wildman–Crippen LogP) is 1.41. The Morgan fingerprint density at radius 2 is 2.13 bits per heavy atom. The highest BCUT2D eigenvalue weighted by molar-refractivity contribution is 5.57. The monoisotopic (exact) mass is 199 g/mol. The summed E-state index contributed by atoms with van der Waals surface area (Å²) in [5.74, 6) is 0. The number of pyridine rings is 1. The predicted molar refractivity (Wildman–Crippen MR) is 58.1 cm³/mol. The molecule has 4 nitrogen and oxygen atoms in total. The van der Waals surface area contributed by atoms with Crippen molar-refractivity contribution in [2.75, 3.05) is 0 Å². The van der Waals surface area contributed by atoms with Gasteiger partial charge in [-0.3, -0.25) is 9.78 Å². The van der Waals surface area contributed by atoms with Gasteiger partial charge >= 0.3 is 0 Å². The van der Waals surface area contributed by atoms with Crippen LogP contribution < -0.4 is 5.56 Å². The van der Waals surface area contributed by atoms with E-state index in [1.54, 1.807) is 30.6 Å². The molecular formula is C11H9N3O. The second-order valence-corrected chi connectivity index (χ2v) is 2.89. The molecule has 0 saturated carbocycles. The summed E-state index contributed by atoms with van der Waals surface area (Å²) in [5, 5.41) is 3.84. The van der Waals surface area contributed by atoms with Gasteiger partial charge in [-0.15, -0.1) is 0 Å². The van der Waals surface area contributed by atoms with Crippen molar-refractivity contribution in [1.82, 2.24) is 14.8 Å². The molecule has 0 N–H and O–H groups in total. The molecule has 0 aromatic carbocycles. The quantitative estimate of drug-likeness (QED) is 0.734. The molecule has 2 heterocycles. The van der Waals surface area contributed by atoms with E-state index in [-0.39, 0.29) is 5.56 Å². The first-order valence-electron chi connectivity index (χ1n) is 4.44. The summed E-state index contributed by atoms with van der Waals surface area (Å²) in [6.45, 7) is 3.51. The van der Waals surface area contributed by atoms with Crippen LogP contribution >= 0.6 is 0 Å². The van der Waals surface area contributed by atoms with Crippen LogP contribution in [-0.4, -0.2) is 14.8 Å². The minimum atomic E-state index is -0.216. The molecule has 0 unspecified atom stereocenters. The van der Waals surface area contributed by atoms with Gasteiger partial charge in [-0.1, -0.05) is 12.6 Å². The van der Waals surface area contributed by atoms with E-state index in [4.69, 9.17) is 0 Å². The van der Waals surface area contributed by atoms with Gasteiger partial charge in [0.1, 0.15) is 0 Å². The molecule has 0 radical (unpaired) electrons. The van der Waals surface area contributed by atoms with Gasteiger partial charge in [0.15, 0.2) is 0 Å². The van der Waals surface area contributed by atoms with Crippen LogP contribution in [0, 0.1) is 0 Å². The molecule has 0 amide bonds. The summed E-state index contributed by atoms with van der Waals surface area (Å²) in [4.78, 5) is 15.9. The molecular weight excluding hydrogens is 190 g/mol. The Balaban J connectivity index is 2.65. The van der Waals surface area contributed by atoms with Crippen LogP contribution in [0.1, 0.15) is 0 Å². The lowest BCUT2D eigenvalue weighted by Gasteiger charge is -2.01. The number of hydrogen-bond donors (Lipinski definition) is 0. The lowest BCUT2D eigenvalue weighted by Crippen LogP contribution is -2.19.